The Kier molecular flexibility index (Phi) is 5.15. The van der Waals surface area contributed by atoms with E-state index in [1.54, 1.807) is 13.0 Å². The number of nitrogen functional groups attached to an aromatic ring is 1. The molecule has 0 saturated heterocycles. The molecule has 2 aromatic rings. The average Bonchev–Trinajstić information content (AvgIpc) is 2.48. The lowest BCUT2D eigenvalue weighted by Crippen LogP contribution is -2.24. The molecule has 0 aliphatic carbocycles. The van der Waals surface area contributed by atoms with Gasteiger partial charge in [0.2, 0.25) is 16.0 Å². The van der Waals surface area contributed by atoms with Gasteiger partial charge in [-0.1, -0.05) is 17.7 Å². The highest BCUT2D eigenvalue weighted by Crippen LogP contribution is 2.29. The molecule has 0 atom stereocenters. The van der Waals surface area contributed by atoms with E-state index in [1.807, 2.05) is 6.07 Å². The van der Waals surface area contributed by atoms with Crippen LogP contribution < -0.4 is 10.5 Å². The first-order chi connectivity index (χ1) is 10.8. The smallest absolute Gasteiger partial charge is 0.242 e. The minimum atomic E-state index is -3.81. The van der Waals surface area contributed by atoms with Crippen molar-refractivity contribution >= 4 is 27.6 Å². The van der Waals surface area contributed by atoms with Crippen molar-refractivity contribution in [3.8, 4) is 17.2 Å². The number of benzene rings is 1. The van der Waals surface area contributed by atoms with Crippen LogP contribution >= 0.6 is 11.6 Å². The third-order valence-electron chi connectivity index (χ3n) is 3.06. The molecule has 23 heavy (non-hydrogen) atoms. The van der Waals surface area contributed by atoms with E-state index in [2.05, 4.69) is 14.7 Å². The maximum atomic E-state index is 12.3. The number of nitrogens with one attached hydrogen (secondary N) is 1. The molecule has 0 bridgehead atoms. The third-order valence-corrected chi connectivity index (χ3v) is 5.00. The second-order valence-corrected chi connectivity index (χ2v) is 6.82. The van der Waals surface area contributed by atoms with Crippen molar-refractivity contribution in [2.75, 3.05) is 12.3 Å². The summed E-state index contributed by atoms with van der Waals surface area (Å²) >= 11 is 6.01. The summed E-state index contributed by atoms with van der Waals surface area (Å²) in [6.45, 7) is 1.77. The van der Waals surface area contributed by atoms with Gasteiger partial charge in [0.05, 0.1) is 16.8 Å². The van der Waals surface area contributed by atoms with Crippen LogP contribution in [0.25, 0.3) is 11.1 Å². The van der Waals surface area contributed by atoms with Crippen molar-refractivity contribution in [1.29, 1.82) is 5.26 Å². The van der Waals surface area contributed by atoms with Crippen molar-refractivity contribution in [3.05, 3.63) is 35.1 Å². The van der Waals surface area contributed by atoms with Gasteiger partial charge >= 0.3 is 0 Å². The Balaban J connectivity index is 2.45. The zero-order valence-electron chi connectivity index (χ0n) is 12.2. The number of nitrogens with two attached hydrogens (primary N) is 1. The van der Waals surface area contributed by atoms with Gasteiger partial charge in [-0.3, -0.25) is 0 Å². The van der Waals surface area contributed by atoms with Crippen LogP contribution in [0.1, 0.15) is 12.1 Å². The molecule has 1 aromatic heterocycles. The number of hydrogen-bond acceptors (Lipinski definition) is 6. The van der Waals surface area contributed by atoms with Gasteiger partial charge in [-0.2, -0.15) is 5.26 Å². The van der Waals surface area contributed by atoms with Crippen LogP contribution in [0.4, 0.5) is 5.95 Å². The Hall–Kier alpha value is -2.21. The number of hydrogen-bond donors (Lipinski definition) is 2. The summed E-state index contributed by atoms with van der Waals surface area (Å²) in [7, 11) is -3.81. The number of halogens is 1. The maximum absolute atomic E-state index is 12.3. The van der Waals surface area contributed by atoms with E-state index in [0.29, 0.717) is 16.8 Å². The first kappa shape index (κ1) is 17.1. The molecule has 120 valence electrons. The monoisotopic (exact) mass is 351 g/mol. The van der Waals surface area contributed by atoms with Crippen LogP contribution in [0, 0.1) is 18.3 Å². The summed E-state index contributed by atoms with van der Waals surface area (Å²) < 4.78 is 26.9. The van der Waals surface area contributed by atoms with E-state index in [9.17, 15) is 8.42 Å². The highest BCUT2D eigenvalue weighted by atomic mass is 35.5. The van der Waals surface area contributed by atoms with Gasteiger partial charge in [0.1, 0.15) is 4.90 Å². The Morgan fingerprint density at radius 2 is 2.17 bits per heavy atom. The van der Waals surface area contributed by atoms with E-state index in [-0.39, 0.29) is 28.8 Å². The molecule has 1 aromatic carbocycles. The lowest BCUT2D eigenvalue weighted by Gasteiger charge is -2.11. The zero-order chi connectivity index (χ0) is 17.0. The molecule has 0 amide bonds. The van der Waals surface area contributed by atoms with Gasteiger partial charge in [0, 0.05) is 24.7 Å². The van der Waals surface area contributed by atoms with Crippen LogP contribution in [-0.2, 0) is 10.0 Å². The number of anilines is 1. The van der Waals surface area contributed by atoms with Crippen LogP contribution in [0.15, 0.2) is 29.3 Å². The van der Waals surface area contributed by atoms with Crippen molar-refractivity contribution in [1.82, 2.24) is 14.7 Å². The fourth-order valence-corrected chi connectivity index (χ4v) is 3.52. The second kappa shape index (κ2) is 6.91. The molecule has 0 saturated carbocycles. The third kappa shape index (κ3) is 3.96. The molecule has 9 heteroatoms. The van der Waals surface area contributed by atoms with E-state index in [0.717, 1.165) is 0 Å². The fraction of sp³-hybridized carbons (Fsp3) is 0.214. The number of sulfonamides is 1. The molecular weight excluding hydrogens is 338 g/mol. The molecule has 0 aliphatic heterocycles. The molecular formula is C14H14ClN5O2S. The standard InChI is InChI=1S/C14H14ClN5O2S/c1-9-11(8-18-14(17)20-9)10-3-4-12(15)13(7-10)23(21,22)19-6-2-5-16/h3-4,7-8,19H,2,6H2,1H3,(H2,17,18,20). The zero-order valence-corrected chi connectivity index (χ0v) is 13.8. The SMILES string of the molecule is Cc1nc(N)ncc1-c1ccc(Cl)c(S(=O)(=O)NCCC#N)c1. The summed E-state index contributed by atoms with van der Waals surface area (Å²) in [6, 6.07) is 6.48. The molecule has 0 radical (unpaired) electrons. The van der Waals surface area contributed by atoms with E-state index < -0.39 is 10.0 Å². The van der Waals surface area contributed by atoms with E-state index in [1.165, 1.54) is 18.3 Å². The molecule has 0 spiro atoms. The van der Waals surface area contributed by atoms with Gasteiger partial charge in [-0.15, -0.1) is 0 Å². The van der Waals surface area contributed by atoms with Crippen LogP contribution in [0.5, 0.6) is 0 Å². The first-order valence-corrected chi connectivity index (χ1v) is 8.47. The number of aryl methyl sites for hydroxylation is 1. The summed E-state index contributed by atoms with van der Waals surface area (Å²) in [5.74, 6) is 0.145. The Morgan fingerprint density at radius 1 is 1.43 bits per heavy atom. The van der Waals surface area contributed by atoms with Gasteiger partial charge < -0.3 is 5.73 Å². The quantitative estimate of drug-likeness (QED) is 0.793. The van der Waals surface area contributed by atoms with Crippen molar-refractivity contribution in [3.63, 3.8) is 0 Å². The molecule has 0 fully saturated rings. The summed E-state index contributed by atoms with van der Waals surface area (Å²) in [5.41, 5.74) is 7.41. The fourth-order valence-electron chi connectivity index (χ4n) is 1.96. The molecule has 3 N–H and O–H groups in total. The van der Waals surface area contributed by atoms with Gasteiger partial charge in [0.15, 0.2) is 0 Å². The molecule has 1 heterocycles. The van der Waals surface area contributed by atoms with Crippen molar-refractivity contribution < 1.29 is 8.42 Å². The van der Waals surface area contributed by atoms with Crippen LogP contribution in [0.3, 0.4) is 0 Å². The first-order valence-electron chi connectivity index (χ1n) is 6.61. The van der Waals surface area contributed by atoms with Crippen molar-refractivity contribution in [2.45, 2.75) is 18.2 Å². The molecule has 0 unspecified atom stereocenters. The summed E-state index contributed by atoms with van der Waals surface area (Å²) in [4.78, 5) is 7.92. The average molecular weight is 352 g/mol. The maximum Gasteiger partial charge on any atom is 0.242 e. The summed E-state index contributed by atoms with van der Waals surface area (Å²) in [6.07, 6.45) is 1.60. The predicted octanol–water partition coefficient (Wildman–Crippen LogP) is 1.88. The van der Waals surface area contributed by atoms with E-state index >= 15 is 0 Å². The lowest BCUT2D eigenvalue weighted by molar-refractivity contribution is 0.582. The highest BCUT2D eigenvalue weighted by Gasteiger charge is 2.19. The minimum absolute atomic E-state index is 0.0173. The number of aromatic nitrogens is 2. The highest BCUT2D eigenvalue weighted by molar-refractivity contribution is 7.89. The van der Waals surface area contributed by atoms with Crippen LogP contribution in [0.2, 0.25) is 5.02 Å². The molecule has 0 aliphatic rings. The normalized spacial score (nSPS) is 11.2. The topological polar surface area (TPSA) is 122 Å². The largest absolute Gasteiger partial charge is 0.368 e. The van der Waals surface area contributed by atoms with Gasteiger partial charge in [-0.25, -0.2) is 23.1 Å². The minimum Gasteiger partial charge on any atom is -0.368 e. The van der Waals surface area contributed by atoms with Gasteiger partial charge in [0.25, 0.3) is 0 Å². The Morgan fingerprint density at radius 3 is 2.83 bits per heavy atom. The number of nitriles is 1. The molecule has 2 rings (SSSR count). The Labute approximate surface area is 139 Å². The lowest BCUT2D eigenvalue weighted by atomic mass is 10.1. The van der Waals surface area contributed by atoms with Gasteiger partial charge in [-0.05, 0) is 24.6 Å². The number of nitrogens with zero attached hydrogens (tertiary/aromatic N) is 3. The summed E-state index contributed by atoms with van der Waals surface area (Å²) in [5, 5.41) is 8.59. The van der Waals surface area contributed by atoms with Crippen molar-refractivity contribution in [2.24, 2.45) is 0 Å². The number of rotatable bonds is 5. The predicted molar refractivity (Wildman–Crippen MR) is 87.0 cm³/mol. The second-order valence-electron chi connectivity index (χ2n) is 4.68. The van der Waals surface area contributed by atoms with Crippen LogP contribution in [-0.4, -0.2) is 24.9 Å². The Bertz CT molecular complexity index is 877. The van der Waals surface area contributed by atoms with E-state index in [4.69, 9.17) is 22.6 Å². The molecule has 7 nitrogen and oxygen atoms in total.